The second-order valence-electron chi connectivity index (χ2n) is 3.91. The maximum atomic E-state index is 9.47. The summed E-state index contributed by atoms with van der Waals surface area (Å²) in [7, 11) is 0. The molecule has 1 saturated carbocycles. The van der Waals surface area contributed by atoms with Crippen LogP contribution in [0.25, 0.3) is 0 Å². The van der Waals surface area contributed by atoms with E-state index in [0.717, 1.165) is 6.61 Å². The van der Waals surface area contributed by atoms with E-state index in [1.54, 1.807) is 0 Å². The van der Waals surface area contributed by atoms with Crippen LogP contribution in [0.1, 0.15) is 6.42 Å². The molecule has 3 aliphatic rings. The number of aliphatic hydroxyl groups excluding tert-OH is 1. The van der Waals surface area contributed by atoms with Gasteiger partial charge in [0.2, 0.25) is 0 Å². The molecule has 1 N–H and O–H groups in total. The van der Waals surface area contributed by atoms with Crippen molar-refractivity contribution in [2.24, 2.45) is 23.7 Å². The largest absolute Gasteiger partial charge is 0.368 e. The highest BCUT2D eigenvalue weighted by Gasteiger charge is 2.51. The van der Waals surface area contributed by atoms with E-state index in [0.29, 0.717) is 23.7 Å². The van der Waals surface area contributed by atoms with Gasteiger partial charge in [-0.3, -0.25) is 0 Å². The fourth-order valence-electron chi connectivity index (χ4n) is 2.94. The summed E-state index contributed by atoms with van der Waals surface area (Å²) in [6.07, 6.45) is 5.34. The molecule has 3 rings (SSSR count). The minimum Gasteiger partial charge on any atom is -0.368 e. The molecule has 0 spiro atoms. The summed E-state index contributed by atoms with van der Waals surface area (Å²) in [6.45, 7) is 0.775. The second kappa shape index (κ2) is 1.87. The molecule has 0 radical (unpaired) electrons. The Labute approximate surface area is 65.9 Å². The van der Waals surface area contributed by atoms with E-state index in [-0.39, 0.29) is 0 Å². The Balaban J connectivity index is 1.97. The predicted octanol–water partition coefficient (Wildman–Crippen LogP) is 0.773. The van der Waals surface area contributed by atoms with Crippen molar-refractivity contribution in [2.75, 3.05) is 6.61 Å². The van der Waals surface area contributed by atoms with Gasteiger partial charge in [0.15, 0.2) is 6.29 Å². The summed E-state index contributed by atoms with van der Waals surface area (Å²) in [5.41, 5.74) is 0. The van der Waals surface area contributed by atoms with Crippen LogP contribution in [0.4, 0.5) is 0 Å². The molecule has 2 nitrogen and oxygen atoms in total. The minimum absolute atomic E-state index is 0.421. The van der Waals surface area contributed by atoms with Crippen LogP contribution in [0.2, 0.25) is 0 Å². The number of ether oxygens (including phenoxy) is 1. The first kappa shape index (κ1) is 6.21. The van der Waals surface area contributed by atoms with E-state index in [2.05, 4.69) is 12.2 Å². The number of aliphatic hydroxyl groups is 1. The summed E-state index contributed by atoms with van der Waals surface area (Å²) in [4.78, 5) is 0. The molecule has 5 atom stereocenters. The first-order valence-electron chi connectivity index (χ1n) is 4.34. The molecule has 1 aliphatic heterocycles. The van der Waals surface area contributed by atoms with Gasteiger partial charge >= 0.3 is 0 Å². The maximum Gasteiger partial charge on any atom is 0.158 e. The Morgan fingerprint density at radius 3 is 2.91 bits per heavy atom. The van der Waals surface area contributed by atoms with E-state index < -0.39 is 6.29 Å². The SMILES string of the molecule is O[C@@H]1OC[C@H]2[C@@H]1[C@H]1C=C[C@@H]2C1. The van der Waals surface area contributed by atoms with Gasteiger partial charge in [0, 0.05) is 5.92 Å². The van der Waals surface area contributed by atoms with Gasteiger partial charge in [-0.1, -0.05) is 12.2 Å². The van der Waals surface area contributed by atoms with Crippen LogP contribution in [0.15, 0.2) is 12.2 Å². The topological polar surface area (TPSA) is 29.5 Å². The molecule has 2 heteroatoms. The van der Waals surface area contributed by atoms with Crippen LogP contribution < -0.4 is 0 Å². The van der Waals surface area contributed by atoms with E-state index in [1.165, 1.54) is 6.42 Å². The van der Waals surface area contributed by atoms with Crippen LogP contribution in [-0.2, 0) is 4.74 Å². The Morgan fingerprint density at radius 1 is 1.27 bits per heavy atom. The van der Waals surface area contributed by atoms with E-state index in [9.17, 15) is 5.11 Å². The third-order valence-corrected chi connectivity index (χ3v) is 3.48. The lowest BCUT2D eigenvalue weighted by molar-refractivity contribution is -0.0885. The van der Waals surface area contributed by atoms with Crippen molar-refractivity contribution >= 4 is 0 Å². The van der Waals surface area contributed by atoms with Gasteiger partial charge in [-0.25, -0.2) is 0 Å². The summed E-state index contributed by atoms with van der Waals surface area (Å²) >= 11 is 0. The lowest BCUT2D eigenvalue weighted by Crippen LogP contribution is -2.23. The van der Waals surface area contributed by atoms with Gasteiger partial charge in [-0.2, -0.15) is 0 Å². The number of allylic oxidation sites excluding steroid dienone is 2. The smallest absolute Gasteiger partial charge is 0.158 e. The summed E-state index contributed by atoms with van der Waals surface area (Å²) in [5.74, 6) is 2.37. The molecule has 60 valence electrons. The van der Waals surface area contributed by atoms with Crippen molar-refractivity contribution in [3.8, 4) is 0 Å². The zero-order valence-corrected chi connectivity index (χ0v) is 6.31. The summed E-state index contributed by atoms with van der Waals surface area (Å²) < 4.78 is 5.22. The van der Waals surface area contributed by atoms with Gasteiger partial charge in [0.25, 0.3) is 0 Å². The van der Waals surface area contributed by atoms with Crippen LogP contribution in [0.3, 0.4) is 0 Å². The van der Waals surface area contributed by atoms with Crippen LogP contribution in [-0.4, -0.2) is 18.0 Å². The predicted molar refractivity (Wildman–Crippen MR) is 39.7 cm³/mol. The van der Waals surface area contributed by atoms with Crippen molar-refractivity contribution in [1.29, 1.82) is 0 Å². The standard InChI is InChI=1S/C9H12O2/c10-9-8-6-2-1-5(3-6)7(8)4-11-9/h1-2,5-10H,3-4H2/t5-,6+,7-,8+,9-/m1/s1. The molecule has 0 aromatic rings. The van der Waals surface area contributed by atoms with Crippen molar-refractivity contribution < 1.29 is 9.84 Å². The Kier molecular flexibility index (Phi) is 1.06. The van der Waals surface area contributed by atoms with Gasteiger partial charge < -0.3 is 9.84 Å². The van der Waals surface area contributed by atoms with Crippen molar-refractivity contribution in [1.82, 2.24) is 0 Å². The molecule has 0 amide bonds. The molecule has 0 aromatic carbocycles. The fourth-order valence-corrected chi connectivity index (χ4v) is 2.94. The van der Waals surface area contributed by atoms with E-state index in [1.807, 2.05) is 0 Å². The van der Waals surface area contributed by atoms with Crippen LogP contribution in [0.5, 0.6) is 0 Å². The van der Waals surface area contributed by atoms with E-state index >= 15 is 0 Å². The lowest BCUT2D eigenvalue weighted by atomic mass is 9.85. The molecule has 1 saturated heterocycles. The van der Waals surface area contributed by atoms with Gasteiger partial charge in [-0.05, 0) is 24.2 Å². The third kappa shape index (κ3) is 0.644. The van der Waals surface area contributed by atoms with Crippen molar-refractivity contribution in [2.45, 2.75) is 12.7 Å². The summed E-state index contributed by atoms with van der Waals surface area (Å²) in [6, 6.07) is 0. The number of fused-ring (bicyclic) bond motifs is 5. The fraction of sp³-hybridized carbons (Fsp3) is 0.778. The molecule has 0 aromatic heterocycles. The lowest BCUT2D eigenvalue weighted by Gasteiger charge is -2.19. The highest BCUT2D eigenvalue weighted by Crippen LogP contribution is 2.52. The molecule has 2 fully saturated rings. The van der Waals surface area contributed by atoms with Gasteiger partial charge in [0.05, 0.1) is 6.61 Å². The first-order valence-corrected chi connectivity index (χ1v) is 4.34. The first-order chi connectivity index (χ1) is 5.36. The average Bonchev–Trinajstić information content (AvgIpc) is 2.60. The van der Waals surface area contributed by atoms with Crippen LogP contribution >= 0.6 is 0 Å². The molecule has 11 heavy (non-hydrogen) atoms. The summed E-state index contributed by atoms with van der Waals surface area (Å²) in [5, 5.41) is 9.47. The third-order valence-electron chi connectivity index (χ3n) is 3.48. The zero-order valence-electron chi connectivity index (χ0n) is 6.31. The van der Waals surface area contributed by atoms with Crippen LogP contribution in [0, 0.1) is 23.7 Å². The zero-order chi connectivity index (χ0) is 7.42. The Morgan fingerprint density at radius 2 is 2.09 bits per heavy atom. The highest BCUT2D eigenvalue weighted by molar-refractivity contribution is 5.15. The van der Waals surface area contributed by atoms with Gasteiger partial charge in [-0.15, -0.1) is 0 Å². The average molecular weight is 152 g/mol. The van der Waals surface area contributed by atoms with E-state index in [4.69, 9.17) is 4.74 Å². The molecule has 2 aliphatic carbocycles. The van der Waals surface area contributed by atoms with Crippen molar-refractivity contribution in [3.63, 3.8) is 0 Å². The number of rotatable bonds is 0. The maximum absolute atomic E-state index is 9.47. The molecule has 1 heterocycles. The van der Waals surface area contributed by atoms with Gasteiger partial charge in [0.1, 0.15) is 0 Å². The van der Waals surface area contributed by atoms with Crippen molar-refractivity contribution in [3.05, 3.63) is 12.2 Å². The monoisotopic (exact) mass is 152 g/mol. The minimum atomic E-state index is -0.472. The second-order valence-corrected chi connectivity index (χ2v) is 3.91. The Hall–Kier alpha value is -0.340. The number of hydrogen-bond donors (Lipinski definition) is 1. The molecular formula is C9H12O2. The molecular weight excluding hydrogens is 140 g/mol. The molecule has 2 bridgehead atoms. The highest BCUT2D eigenvalue weighted by atomic mass is 16.6. The molecule has 0 unspecified atom stereocenters. The number of hydrogen-bond acceptors (Lipinski definition) is 2. The normalized spacial score (nSPS) is 58.8. The Bertz CT molecular complexity index is 212. The quantitative estimate of drug-likeness (QED) is 0.519.